The van der Waals surface area contributed by atoms with Crippen molar-refractivity contribution in [1.82, 2.24) is 20.1 Å². The van der Waals surface area contributed by atoms with Gasteiger partial charge in [0.2, 0.25) is 11.8 Å². The molecule has 39 heavy (non-hydrogen) atoms. The van der Waals surface area contributed by atoms with Crippen LogP contribution in [0.15, 0.2) is 48.7 Å². The lowest BCUT2D eigenvalue weighted by Crippen LogP contribution is -2.42. The number of carbonyl (C=O) groups excluding carboxylic acids is 1. The Morgan fingerprint density at radius 3 is 2.51 bits per heavy atom. The zero-order valence-corrected chi connectivity index (χ0v) is 21.9. The van der Waals surface area contributed by atoms with E-state index < -0.39 is 11.6 Å². The highest BCUT2D eigenvalue weighted by Gasteiger charge is 2.42. The van der Waals surface area contributed by atoms with Gasteiger partial charge in [-0.15, -0.1) is 5.10 Å². The van der Waals surface area contributed by atoms with Crippen molar-refractivity contribution in [3.05, 3.63) is 77.1 Å². The zero-order chi connectivity index (χ0) is 27.5. The third kappa shape index (κ3) is 5.82. The van der Waals surface area contributed by atoms with Crippen molar-refractivity contribution in [3.63, 3.8) is 0 Å². The molecule has 0 aliphatic carbocycles. The molecule has 0 unspecified atom stereocenters. The van der Waals surface area contributed by atoms with Crippen molar-refractivity contribution in [3.8, 4) is 11.9 Å². The number of hydrogen-bond donors (Lipinski definition) is 0. The van der Waals surface area contributed by atoms with E-state index in [4.69, 9.17) is 10.00 Å². The second kappa shape index (κ2) is 11.3. The number of rotatable bonds is 6. The first-order valence-corrected chi connectivity index (χ1v) is 13.1. The fourth-order valence-electron chi connectivity index (χ4n) is 5.55. The molecule has 4 heterocycles. The molecule has 1 aromatic carbocycles. The van der Waals surface area contributed by atoms with Crippen LogP contribution in [0, 0.1) is 41.7 Å². The molecule has 10 heteroatoms. The molecular weight excluding hydrogens is 502 g/mol. The quantitative estimate of drug-likeness (QED) is 0.468. The molecule has 3 atom stereocenters. The molecule has 2 fully saturated rings. The minimum absolute atomic E-state index is 0.0726. The predicted octanol–water partition coefficient (Wildman–Crippen LogP) is 4.26. The number of anilines is 1. The van der Waals surface area contributed by atoms with Gasteiger partial charge in [-0.1, -0.05) is 6.07 Å². The summed E-state index contributed by atoms with van der Waals surface area (Å²) in [6, 6.07) is 13.1. The summed E-state index contributed by atoms with van der Waals surface area (Å²) in [5, 5.41) is 17.4. The Balaban J connectivity index is 1.30. The molecule has 5 rings (SSSR count). The highest BCUT2D eigenvalue weighted by molar-refractivity contribution is 5.79. The van der Waals surface area contributed by atoms with Crippen LogP contribution in [-0.2, 0) is 4.79 Å². The minimum Gasteiger partial charge on any atom is -0.474 e. The molecule has 0 bridgehead atoms. The van der Waals surface area contributed by atoms with Gasteiger partial charge in [0.05, 0.1) is 11.3 Å². The second-order valence-corrected chi connectivity index (χ2v) is 10.3. The molecule has 202 valence electrons. The van der Waals surface area contributed by atoms with Crippen LogP contribution in [0.5, 0.6) is 5.88 Å². The van der Waals surface area contributed by atoms with Crippen LogP contribution in [-0.4, -0.2) is 58.3 Å². The average Bonchev–Trinajstić information content (AvgIpc) is 3.41. The van der Waals surface area contributed by atoms with E-state index in [1.54, 1.807) is 18.2 Å². The highest BCUT2D eigenvalue weighted by atomic mass is 19.2. The van der Waals surface area contributed by atoms with Crippen molar-refractivity contribution in [1.29, 1.82) is 5.26 Å². The van der Waals surface area contributed by atoms with Gasteiger partial charge in [0.25, 0.3) is 0 Å². The molecule has 2 aliphatic rings. The number of carbonyl (C=O) groups is 1. The van der Waals surface area contributed by atoms with Crippen molar-refractivity contribution < 1.29 is 18.3 Å². The third-order valence-electron chi connectivity index (χ3n) is 7.78. The number of ether oxygens (including phenoxy) is 1. The molecule has 2 saturated heterocycles. The lowest BCUT2D eigenvalue weighted by Gasteiger charge is -2.33. The first-order valence-electron chi connectivity index (χ1n) is 13.1. The molecule has 2 aliphatic heterocycles. The van der Waals surface area contributed by atoms with Crippen molar-refractivity contribution in [2.45, 2.75) is 38.7 Å². The van der Waals surface area contributed by atoms with E-state index in [0.717, 1.165) is 17.6 Å². The maximum Gasteiger partial charge on any atom is 0.225 e. The van der Waals surface area contributed by atoms with Gasteiger partial charge in [-0.05, 0) is 62.6 Å². The summed E-state index contributed by atoms with van der Waals surface area (Å²) >= 11 is 0. The second-order valence-electron chi connectivity index (χ2n) is 10.3. The number of amides is 1. The third-order valence-corrected chi connectivity index (χ3v) is 7.78. The summed E-state index contributed by atoms with van der Waals surface area (Å²) < 4.78 is 34.0. The molecular formula is C29H30F2N6O2. The summed E-state index contributed by atoms with van der Waals surface area (Å²) in [6.45, 7) is 6.04. The lowest BCUT2D eigenvalue weighted by atomic mass is 9.85. The SMILES string of the molecule is Cc1ccc(N2CCC(C(=O)N3C[C@H]([C@H](C)Oc4ccc(C#N)cn4)[C@@H](c4ccc(F)c(F)c4)C3)CC2)nn1. The number of halogens is 2. The van der Waals surface area contributed by atoms with Crippen LogP contribution in [0.25, 0.3) is 0 Å². The lowest BCUT2D eigenvalue weighted by molar-refractivity contribution is -0.135. The van der Waals surface area contributed by atoms with Gasteiger partial charge >= 0.3 is 0 Å². The van der Waals surface area contributed by atoms with Gasteiger partial charge in [-0.2, -0.15) is 10.4 Å². The standard InChI is InChI=1S/C29H30F2N6O2/c1-18-3-7-27(35-34-18)36-11-9-21(10-12-36)29(38)37-16-23(19(2)39-28-8-4-20(14-32)15-33-28)24(17-37)22-5-6-25(30)26(31)13-22/h3-8,13,15,19,21,23-24H,9-12,16-17H2,1-2H3/t19-,23+,24+/m0/s1. The molecule has 0 radical (unpaired) electrons. The molecule has 3 aromatic rings. The Morgan fingerprint density at radius 2 is 1.87 bits per heavy atom. The largest absolute Gasteiger partial charge is 0.474 e. The van der Waals surface area contributed by atoms with Crippen LogP contribution in [0.1, 0.15) is 42.5 Å². The Kier molecular flexibility index (Phi) is 7.68. The van der Waals surface area contributed by atoms with Gasteiger partial charge in [0.1, 0.15) is 12.2 Å². The Bertz CT molecular complexity index is 1350. The first-order chi connectivity index (χ1) is 18.8. The van der Waals surface area contributed by atoms with Crippen LogP contribution in [0.4, 0.5) is 14.6 Å². The molecule has 8 nitrogen and oxygen atoms in total. The van der Waals surface area contributed by atoms with Gasteiger partial charge in [0, 0.05) is 56.2 Å². The number of piperidine rings is 1. The molecule has 0 spiro atoms. The van der Waals surface area contributed by atoms with Crippen molar-refractivity contribution >= 4 is 11.7 Å². The number of pyridine rings is 1. The summed E-state index contributed by atoms with van der Waals surface area (Å²) in [6.07, 6.45) is 2.47. The van der Waals surface area contributed by atoms with E-state index in [1.807, 2.05) is 36.9 Å². The average molecular weight is 533 g/mol. The molecule has 0 saturated carbocycles. The van der Waals surface area contributed by atoms with E-state index in [9.17, 15) is 13.6 Å². The highest BCUT2D eigenvalue weighted by Crippen LogP contribution is 2.38. The van der Waals surface area contributed by atoms with E-state index in [0.29, 0.717) is 56.0 Å². The summed E-state index contributed by atoms with van der Waals surface area (Å²) in [4.78, 5) is 21.8. The van der Waals surface area contributed by atoms with Crippen molar-refractivity contribution in [2.24, 2.45) is 11.8 Å². The number of likely N-dealkylation sites (tertiary alicyclic amines) is 1. The van der Waals surface area contributed by atoms with Gasteiger partial charge in [-0.25, -0.2) is 13.8 Å². The fraction of sp³-hybridized carbons (Fsp3) is 0.414. The number of nitrogens with zero attached hydrogens (tertiary/aromatic N) is 6. The van der Waals surface area contributed by atoms with Gasteiger partial charge < -0.3 is 14.5 Å². The molecule has 1 amide bonds. The van der Waals surface area contributed by atoms with Crippen LogP contribution >= 0.6 is 0 Å². The Hall–Kier alpha value is -4.13. The monoisotopic (exact) mass is 532 g/mol. The maximum absolute atomic E-state index is 14.2. The zero-order valence-electron chi connectivity index (χ0n) is 21.9. The first kappa shape index (κ1) is 26.5. The fourth-order valence-corrected chi connectivity index (χ4v) is 5.55. The van der Waals surface area contributed by atoms with Crippen LogP contribution < -0.4 is 9.64 Å². The smallest absolute Gasteiger partial charge is 0.225 e. The number of benzene rings is 1. The minimum atomic E-state index is -0.912. The number of aryl methyl sites for hydroxylation is 1. The van der Waals surface area contributed by atoms with Gasteiger partial charge in [0.15, 0.2) is 17.5 Å². The maximum atomic E-state index is 14.2. The molecule has 0 N–H and O–H groups in total. The summed E-state index contributed by atoms with van der Waals surface area (Å²) in [5.41, 5.74) is 1.91. The number of aromatic nitrogens is 3. The summed E-state index contributed by atoms with van der Waals surface area (Å²) in [5.74, 6) is -1.10. The van der Waals surface area contributed by atoms with Crippen LogP contribution in [0.3, 0.4) is 0 Å². The van der Waals surface area contributed by atoms with E-state index >= 15 is 0 Å². The van der Waals surface area contributed by atoms with E-state index in [1.165, 1.54) is 12.3 Å². The molecule has 2 aromatic heterocycles. The Labute approximate surface area is 226 Å². The number of nitriles is 1. The van der Waals surface area contributed by atoms with E-state index in [-0.39, 0.29) is 29.8 Å². The topological polar surface area (TPSA) is 95.2 Å². The van der Waals surface area contributed by atoms with Gasteiger partial charge in [-0.3, -0.25) is 4.79 Å². The summed E-state index contributed by atoms with van der Waals surface area (Å²) in [7, 11) is 0. The number of hydrogen-bond acceptors (Lipinski definition) is 7. The Morgan fingerprint density at radius 1 is 1.08 bits per heavy atom. The normalized spacial score (nSPS) is 20.5. The van der Waals surface area contributed by atoms with E-state index in [2.05, 4.69) is 20.1 Å². The van der Waals surface area contributed by atoms with Crippen LogP contribution in [0.2, 0.25) is 0 Å². The predicted molar refractivity (Wildman–Crippen MR) is 140 cm³/mol. The van der Waals surface area contributed by atoms with Crippen molar-refractivity contribution in [2.75, 3.05) is 31.1 Å².